The molecule has 3 N–H and O–H groups in total. The third-order valence-corrected chi connectivity index (χ3v) is 6.41. The largest absolute Gasteiger partial charge is 0.480 e. The molecule has 0 aromatic rings. The van der Waals surface area contributed by atoms with Crippen molar-refractivity contribution in [3.05, 3.63) is 0 Å². The average Bonchev–Trinajstić information content (AvgIpc) is 2.51. The van der Waals surface area contributed by atoms with Gasteiger partial charge in [-0.25, -0.2) is 4.79 Å². The smallest absolute Gasteiger partial charge is 0.330 e. The summed E-state index contributed by atoms with van der Waals surface area (Å²) < 4.78 is 23.1. The van der Waals surface area contributed by atoms with Crippen LogP contribution in [0.25, 0.3) is 0 Å². The number of thioether (sulfide) groups is 1. The van der Waals surface area contributed by atoms with E-state index in [1.54, 1.807) is 13.8 Å². The van der Waals surface area contributed by atoms with Crippen LogP contribution >= 0.6 is 31.6 Å². The molecule has 0 bridgehead atoms. The third kappa shape index (κ3) is 12.3. The van der Waals surface area contributed by atoms with E-state index >= 15 is 0 Å². The van der Waals surface area contributed by atoms with Crippen molar-refractivity contribution >= 4 is 47.8 Å². The summed E-state index contributed by atoms with van der Waals surface area (Å²) >= 11 is 6.28. The number of carboxylic acids is 1. The lowest BCUT2D eigenvalue weighted by Gasteiger charge is -2.17. The summed E-state index contributed by atoms with van der Waals surface area (Å²) in [6.45, 7) is 6.06. The lowest BCUT2D eigenvalue weighted by Crippen LogP contribution is -2.42. The number of amides is 1. The zero-order chi connectivity index (χ0) is 19.3. The van der Waals surface area contributed by atoms with Crippen molar-refractivity contribution in [3.63, 3.8) is 0 Å². The van der Waals surface area contributed by atoms with Gasteiger partial charge >= 0.3 is 13.6 Å². The third-order valence-electron chi connectivity index (χ3n) is 2.84. The van der Waals surface area contributed by atoms with E-state index in [1.165, 1.54) is 6.92 Å². The number of thiocarbonyl (C=S) groups is 1. The fourth-order valence-electron chi connectivity index (χ4n) is 1.81. The zero-order valence-electron chi connectivity index (χ0n) is 14.8. The molecule has 0 rings (SSSR count). The highest BCUT2D eigenvalue weighted by atomic mass is 32.2. The lowest BCUT2D eigenvalue weighted by atomic mass is 10.3. The van der Waals surface area contributed by atoms with Crippen molar-refractivity contribution in [2.45, 2.75) is 39.7 Å². The Morgan fingerprint density at radius 3 is 2.32 bits per heavy atom. The number of carbonyl (C=O) groups excluding carboxylic acids is 1. The van der Waals surface area contributed by atoms with Crippen LogP contribution in [0, 0.1) is 0 Å². The average molecular weight is 414 g/mol. The van der Waals surface area contributed by atoms with Gasteiger partial charge in [-0.1, -0.05) is 24.0 Å². The van der Waals surface area contributed by atoms with Crippen molar-refractivity contribution in [1.82, 2.24) is 10.6 Å². The number of rotatable bonds is 13. The normalized spacial score (nSPS) is 12.4. The Morgan fingerprint density at radius 2 is 1.84 bits per heavy atom. The van der Waals surface area contributed by atoms with Gasteiger partial charge in [-0.3, -0.25) is 9.36 Å². The molecule has 1 amide bonds. The number of hydrogen-bond donors (Lipinski definition) is 3. The molecule has 0 aromatic carbocycles. The predicted molar refractivity (Wildman–Crippen MR) is 103 cm³/mol. The van der Waals surface area contributed by atoms with Crippen LogP contribution in [0.2, 0.25) is 0 Å². The van der Waals surface area contributed by atoms with E-state index in [9.17, 15) is 14.2 Å². The Kier molecular flexibility index (Phi) is 13.2. The number of aliphatic carboxylic acids is 1. The zero-order valence-corrected chi connectivity index (χ0v) is 17.3. The van der Waals surface area contributed by atoms with Crippen LogP contribution in [0.5, 0.6) is 0 Å². The molecule has 0 saturated carbocycles. The minimum Gasteiger partial charge on any atom is -0.480 e. The molecule has 11 heteroatoms. The van der Waals surface area contributed by atoms with Gasteiger partial charge in [0.2, 0.25) is 5.91 Å². The summed E-state index contributed by atoms with van der Waals surface area (Å²) in [6, 6.07) is -0.981. The molecule has 0 aromatic heterocycles. The quantitative estimate of drug-likeness (QED) is 0.237. The first-order chi connectivity index (χ1) is 11.7. The second-order valence-corrected chi connectivity index (χ2v) is 8.88. The second kappa shape index (κ2) is 13.5. The van der Waals surface area contributed by atoms with Crippen LogP contribution in [0.3, 0.4) is 0 Å². The van der Waals surface area contributed by atoms with E-state index < -0.39 is 25.5 Å². The summed E-state index contributed by atoms with van der Waals surface area (Å²) in [7, 11) is -3.01. The van der Waals surface area contributed by atoms with Gasteiger partial charge in [0.1, 0.15) is 10.4 Å². The van der Waals surface area contributed by atoms with E-state index in [1.807, 2.05) is 0 Å². The maximum absolute atomic E-state index is 12.3. The molecule has 0 radical (unpaired) electrons. The first-order valence-electron chi connectivity index (χ1n) is 8.02. The predicted octanol–water partition coefficient (Wildman–Crippen LogP) is 2.23. The van der Waals surface area contributed by atoms with E-state index in [2.05, 4.69) is 10.6 Å². The van der Waals surface area contributed by atoms with Crippen LogP contribution < -0.4 is 10.6 Å². The van der Waals surface area contributed by atoms with Crippen molar-refractivity contribution < 1.29 is 28.3 Å². The monoisotopic (exact) mass is 414 g/mol. The van der Waals surface area contributed by atoms with E-state index in [-0.39, 0.29) is 5.75 Å². The van der Waals surface area contributed by atoms with Crippen molar-refractivity contribution in [3.8, 4) is 0 Å². The summed E-state index contributed by atoms with van der Waals surface area (Å²) in [6.07, 6.45) is 1.72. The first kappa shape index (κ1) is 24.3. The fraction of sp³-hybridized carbons (Fsp3) is 0.786. The molecule has 1 atom stereocenters. The van der Waals surface area contributed by atoms with Crippen LogP contribution in [-0.4, -0.2) is 59.0 Å². The maximum atomic E-state index is 12.3. The highest BCUT2D eigenvalue weighted by molar-refractivity contribution is 8.23. The van der Waals surface area contributed by atoms with Gasteiger partial charge in [0.25, 0.3) is 0 Å². The number of carboxylic acid groups (broad SMARTS) is 1. The van der Waals surface area contributed by atoms with Crippen LogP contribution in [0.1, 0.15) is 33.6 Å². The van der Waals surface area contributed by atoms with Crippen molar-refractivity contribution in [2.75, 3.05) is 31.7 Å². The van der Waals surface area contributed by atoms with E-state index in [0.29, 0.717) is 36.7 Å². The van der Waals surface area contributed by atoms with Crippen molar-refractivity contribution in [2.24, 2.45) is 0 Å². The van der Waals surface area contributed by atoms with Gasteiger partial charge in [0, 0.05) is 19.2 Å². The molecule has 0 unspecified atom stereocenters. The first-order valence-corrected chi connectivity index (χ1v) is 11.1. The Hall–Kier alpha value is -0.670. The molecular formula is C14H27N2O6PS2. The Labute approximate surface area is 158 Å². The summed E-state index contributed by atoms with van der Waals surface area (Å²) in [5.74, 6) is -1.36. The number of hydrogen-bond acceptors (Lipinski definition) is 7. The molecular weight excluding hydrogens is 387 g/mol. The van der Waals surface area contributed by atoms with Gasteiger partial charge in [-0.15, -0.1) is 0 Å². The Morgan fingerprint density at radius 1 is 1.24 bits per heavy atom. The minimum absolute atomic E-state index is 0.143. The van der Waals surface area contributed by atoms with Crippen LogP contribution in [-0.2, 0) is 23.2 Å². The molecule has 0 spiro atoms. The minimum atomic E-state index is -3.01. The molecule has 8 nitrogen and oxygen atoms in total. The summed E-state index contributed by atoms with van der Waals surface area (Å²) in [4.78, 5) is 22.0. The maximum Gasteiger partial charge on any atom is 0.330 e. The molecule has 0 saturated heterocycles. The highest BCUT2D eigenvalue weighted by Crippen LogP contribution is 2.48. The molecule has 0 heterocycles. The topological polar surface area (TPSA) is 114 Å². The van der Waals surface area contributed by atoms with Gasteiger partial charge in [0.05, 0.1) is 19.4 Å². The van der Waals surface area contributed by atoms with E-state index in [0.717, 1.165) is 18.2 Å². The summed E-state index contributed by atoms with van der Waals surface area (Å²) in [5, 5.41) is 14.3. The Bertz CT molecular complexity index is 482. The fourth-order valence-corrected chi connectivity index (χ4v) is 4.60. The Balaban J connectivity index is 4.01. The number of nitrogens with one attached hydrogen (secondary N) is 2. The lowest BCUT2D eigenvalue weighted by molar-refractivity contribution is -0.140. The van der Waals surface area contributed by atoms with E-state index in [4.69, 9.17) is 26.4 Å². The van der Waals surface area contributed by atoms with Gasteiger partial charge in [0.15, 0.2) is 0 Å². The van der Waals surface area contributed by atoms with Crippen molar-refractivity contribution in [1.29, 1.82) is 0 Å². The standard InChI is InChI=1S/C14H27N2O6PS2/c1-4-21-23(20,22-5-2)9-7-6-8-15-14(24)25-10-12(13(18)19)16-11(3)17/h12H,4-10H2,1-3H3,(H,15,24)(H,16,17)(H,18,19)/t12-/m0/s1. The van der Waals surface area contributed by atoms with Gasteiger partial charge < -0.3 is 24.8 Å². The number of unbranched alkanes of at least 4 members (excludes halogenated alkanes) is 1. The van der Waals surface area contributed by atoms with Crippen LogP contribution in [0.15, 0.2) is 0 Å². The molecule has 0 aliphatic rings. The molecule has 0 aliphatic carbocycles. The SMILES string of the molecule is CCOP(=O)(CCCCNC(=S)SC[C@H](NC(C)=O)C(=O)O)OCC. The summed E-state index contributed by atoms with van der Waals surface area (Å²) in [5.41, 5.74) is 0. The second-order valence-electron chi connectivity index (χ2n) is 4.99. The molecule has 25 heavy (non-hydrogen) atoms. The molecule has 0 fully saturated rings. The van der Waals surface area contributed by atoms with Crippen LogP contribution in [0.4, 0.5) is 0 Å². The molecule has 0 aliphatic heterocycles. The van der Waals surface area contributed by atoms with Gasteiger partial charge in [-0.2, -0.15) is 0 Å². The van der Waals surface area contributed by atoms with Gasteiger partial charge in [-0.05, 0) is 26.7 Å². The molecule has 146 valence electrons. The highest BCUT2D eigenvalue weighted by Gasteiger charge is 2.22. The number of carbonyl (C=O) groups is 2.